The van der Waals surface area contributed by atoms with E-state index in [-0.39, 0.29) is 17.4 Å². The predicted octanol–water partition coefficient (Wildman–Crippen LogP) is 4.69. The molecule has 0 radical (unpaired) electrons. The summed E-state index contributed by atoms with van der Waals surface area (Å²) in [6, 6.07) is 11.5. The van der Waals surface area contributed by atoms with Crippen LogP contribution in [0.1, 0.15) is 32.6 Å². The van der Waals surface area contributed by atoms with Crippen LogP contribution in [0.15, 0.2) is 48.7 Å². The number of aromatic nitrogens is 1. The highest BCUT2D eigenvalue weighted by atomic mass is 19.4. The Labute approximate surface area is 177 Å². The molecule has 3 aromatic rings. The van der Waals surface area contributed by atoms with Gasteiger partial charge in [-0.2, -0.15) is 13.2 Å². The smallest absolute Gasteiger partial charge is 0.417 e. The number of aryl methyl sites for hydroxylation is 2. The molecule has 0 saturated carbocycles. The molecule has 0 spiro atoms. The maximum absolute atomic E-state index is 13.7. The molecule has 1 amide bonds. The van der Waals surface area contributed by atoms with E-state index >= 15 is 0 Å². The number of carbonyl (C=O) groups is 2. The zero-order chi connectivity index (χ0) is 22.8. The normalized spacial score (nSPS) is 11.4. The number of fused-ring (bicyclic) bond motifs is 1. The first-order valence-electron chi connectivity index (χ1n) is 9.50. The average Bonchev–Trinajstić information content (AvgIpc) is 2.72. The van der Waals surface area contributed by atoms with Gasteiger partial charge in [0.05, 0.1) is 16.6 Å². The van der Waals surface area contributed by atoms with Crippen molar-refractivity contribution in [2.24, 2.45) is 0 Å². The molecule has 0 aliphatic heterocycles. The summed E-state index contributed by atoms with van der Waals surface area (Å²) in [5, 5.41) is -0.206. The number of para-hydroxylation sites is 1. The lowest BCUT2D eigenvalue weighted by atomic mass is 10.0. The molecule has 31 heavy (non-hydrogen) atoms. The van der Waals surface area contributed by atoms with Gasteiger partial charge < -0.3 is 9.64 Å². The molecule has 0 aliphatic carbocycles. The van der Waals surface area contributed by atoms with Gasteiger partial charge in [-0.05, 0) is 31.0 Å². The molecule has 8 heteroatoms. The van der Waals surface area contributed by atoms with Crippen LogP contribution >= 0.6 is 0 Å². The zero-order valence-corrected chi connectivity index (χ0v) is 17.3. The summed E-state index contributed by atoms with van der Waals surface area (Å²) >= 11 is 0. The van der Waals surface area contributed by atoms with E-state index < -0.39 is 35.8 Å². The second-order valence-electron chi connectivity index (χ2n) is 7.32. The van der Waals surface area contributed by atoms with Crippen molar-refractivity contribution in [2.45, 2.75) is 26.6 Å². The highest BCUT2D eigenvalue weighted by molar-refractivity contribution is 5.98. The summed E-state index contributed by atoms with van der Waals surface area (Å²) in [5.74, 6) is -1.78. The third kappa shape index (κ3) is 5.02. The number of nitrogens with zero attached hydrogens (tertiary/aromatic N) is 2. The van der Waals surface area contributed by atoms with Gasteiger partial charge in [-0.25, -0.2) is 4.79 Å². The summed E-state index contributed by atoms with van der Waals surface area (Å²) in [7, 11) is 1.54. The van der Waals surface area contributed by atoms with Crippen LogP contribution < -0.4 is 0 Å². The van der Waals surface area contributed by atoms with E-state index in [0.29, 0.717) is 0 Å². The Kier molecular flexibility index (Phi) is 6.29. The van der Waals surface area contributed by atoms with Gasteiger partial charge in [-0.3, -0.25) is 9.78 Å². The molecule has 2 aromatic carbocycles. The zero-order valence-electron chi connectivity index (χ0n) is 17.3. The number of alkyl halides is 3. The van der Waals surface area contributed by atoms with Crippen LogP contribution in [0.5, 0.6) is 0 Å². The van der Waals surface area contributed by atoms with E-state index in [0.717, 1.165) is 22.9 Å². The van der Waals surface area contributed by atoms with Crippen LogP contribution in [0.4, 0.5) is 13.2 Å². The van der Waals surface area contributed by atoms with Gasteiger partial charge in [-0.1, -0.05) is 42.0 Å². The van der Waals surface area contributed by atoms with Gasteiger partial charge in [0, 0.05) is 25.2 Å². The molecule has 0 N–H and O–H groups in total. The van der Waals surface area contributed by atoms with Crippen molar-refractivity contribution in [3.8, 4) is 0 Å². The lowest BCUT2D eigenvalue weighted by Crippen LogP contribution is -2.31. The summed E-state index contributed by atoms with van der Waals surface area (Å²) in [4.78, 5) is 30.0. The van der Waals surface area contributed by atoms with E-state index in [9.17, 15) is 22.8 Å². The standard InChI is InChI=1S/C23H21F3N2O3/c1-14-8-9-16(15(2)10-14)12-28(3)20(29)13-31-22(30)18-11-27-19-7-5-4-6-17(19)21(18)23(24,25)26/h4-11H,12-13H2,1-3H3. The van der Waals surface area contributed by atoms with Crippen molar-refractivity contribution in [1.82, 2.24) is 9.88 Å². The Bertz CT molecular complexity index is 1140. The molecular formula is C23H21F3N2O3. The lowest BCUT2D eigenvalue weighted by molar-refractivity contribution is -0.137. The number of halogens is 3. The van der Waals surface area contributed by atoms with Crippen molar-refractivity contribution in [2.75, 3.05) is 13.7 Å². The molecule has 0 aliphatic rings. The van der Waals surface area contributed by atoms with Crippen LogP contribution in [0.25, 0.3) is 10.9 Å². The van der Waals surface area contributed by atoms with Crippen LogP contribution in [0.2, 0.25) is 0 Å². The molecular weight excluding hydrogens is 409 g/mol. The van der Waals surface area contributed by atoms with Crippen molar-refractivity contribution in [3.63, 3.8) is 0 Å². The molecule has 0 unspecified atom stereocenters. The average molecular weight is 430 g/mol. The van der Waals surface area contributed by atoms with Gasteiger partial charge >= 0.3 is 12.1 Å². The first-order valence-corrected chi connectivity index (χ1v) is 9.50. The number of esters is 1. The van der Waals surface area contributed by atoms with E-state index in [1.807, 2.05) is 32.0 Å². The minimum atomic E-state index is -4.79. The Morgan fingerprint density at radius 3 is 2.48 bits per heavy atom. The van der Waals surface area contributed by atoms with Crippen LogP contribution in [-0.2, 0) is 22.3 Å². The first-order chi connectivity index (χ1) is 14.6. The number of likely N-dealkylation sites (N-methyl/N-ethyl adjacent to an activating group) is 1. The van der Waals surface area contributed by atoms with Gasteiger partial charge in [0.1, 0.15) is 0 Å². The second kappa shape index (κ2) is 8.75. The van der Waals surface area contributed by atoms with Crippen molar-refractivity contribution in [3.05, 3.63) is 76.5 Å². The molecule has 0 atom stereocenters. The number of benzene rings is 2. The topological polar surface area (TPSA) is 59.5 Å². The molecule has 3 rings (SSSR count). The predicted molar refractivity (Wildman–Crippen MR) is 109 cm³/mol. The molecule has 162 valence electrons. The molecule has 0 bridgehead atoms. The maximum Gasteiger partial charge on any atom is 0.417 e. The number of ether oxygens (including phenoxy) is 1. The molecule has 1 aromatic heterocycles. The van der Waals surface area contributed by atoms with Crippen LogP contribution in [-0.4, -0.2) is 35.4 Å². The van der Waals surface area contributed by atoms with Crippen LogP contribution in [0, 0.1) is 13.8 Å². The summed E-state index contributed by atoms with van der Waals surface area (Å²) in [6.45, 7) is 3.49. The van der Waals surface area contributed by atoms with Crippen molar-refractivity contribution >= 4 is 22.8 Å². The second-order valence-corrected chi connectivity index (χ2v) is 7.32. The van der Waals surface area contributed by atoms with E-state index in [1.165, 1.54) is 30.1 Å². The number of amides is 1. The third-order valence-corrected chi connectivity index (χ3v) is 4.94. The summed E-state index contributed by atoms with van der Waals surface area (Å²) < 4.78 is 45.9. The Morgan fingerprint density at radius 2 is 1.81 bits per heavy atom. The largest absolute Gasteiger partial charge is 0.452 e. The number of hydrogen-bond acceptors (Lipinski definition) is 4. The molecule has 0 fully saturated rings. The van der Waals surface area contributed by atoms with Gasteiger partial charge in [0.25, 0.3) is 5.91 Å². The molecule has 5 nitrogen and oxygen atoms in total. The third-order valence-electron chi connectivity index (χ3n) is 4.94. The number of rotatable bonds is 5. The van der Waals surface area contributed by atoms with Crippen LogP contribution in [0.3, 0.4) is 0 Å². The van der Waals surface area contributed by atoms with E-state index in [1.54, 1.807) is 6.07 Å². The Hall–Kier alpha value is -3.42. The van der Waals surface area contributed by atoms with Gasteiger partial charge in [0.15, 0.2) is 6.61 Å². The minimum Gasteiger partial charge on any atom is -0.452 e. The van der Waals surface area contributed by atoms with E-state index in [4.69, 9.17) is 4.74 Å². The quantitative estimate of drug-likeness (QED) is 0.552. The molecule has 0 saturated heterocycles. The van der Waals surface area contributed by atoms with E-state index in [2.05, 4.69) is 4.98 Å². The maximum atomic E-state index is 13.7. The number of pyridine rings is 1. The van der Waals surface area contributed by atoms with Gasteiger partial charge in [-0.15, -0.1) is 0 Å². The fourth-order valence-electron chi connectivity index (χ4n) is 3.28. The SMILES string of the molecule is Cc1ccc(CN(C)C(=O)COC(=O)c2cnc3ccccc3c2C(F)(F)F)c(C)c1. The lowest BCUT2D eigenvalue weighted by Gasteiger charge is -2.19. The summed E-state index contributed by atoms with van der Waals surface area (Å²) in [6.07, 6.45) is -3.96. The number of hydrogen-bond donors (Lipinski definition) is 0. The number of carbonyl (C=O) groups excluding carboxylic acids is 2. The summed E-state index contributed by atoms with van der Waals surface area (Å²) in [5.41, 5.74) is 1.28. The monoisotopic (exact) mass is 430 g/mol. The Balaban J connectivity index is 1.74. The van der Waals surface area contributed by atoms with Gasteiger partial charge in [0.2, 0.25) is 0 Å². The highest BCUT2D eigenvalue weighted by Crippen LogP contribution is 2.37. The first kappa shape index (κ1) is 22.3. The highest BCUT2D eigenvalue weighted by Gasteiger charge is 2.38. The molecule has 1 heterocycles. The van der Waals surface area contributed by atoms with Crippen molar-refractivity contribution < 1.29 is 27.5 Å². The fourth-order valence-corrected chi connectivity index (χ4v) is 3.28. The fraction of sp³-hybridized carbons (Fsp3) is 0.261. The van der Waals surface area contributed by atoms with Crippen molar-refractivity contribution in [1.29, 1.82) is 0 Å². The Morgan fingerprint density at radius 1 is 1.10 bits per heavy atom. The minimum absolute atomic E-state index is 0.107.